The summed E-state index contributed by atoms with van der Waals surface area (Å²) >= 11 is 0. The average Bonchev–Trinajstić information content (AvgIpc) is 3.02. The SMILES string of the molecule is CC(C)Oc1ccc(/C(O)=C2/C(=O)C(=O)N(CCN(C)C)C2c2ccc(C(C)C)cc2)cc1. The van der Waals surface area contributed by atoms with Crippen LogP contribution in [-0.4, -0.2) is 59.9 Å². The number of amides is 1. The van der Waals surface area contributed by atoms with E-state index in [9.17, 15) is 14.7 Å². The lowest BCUT2D eigenvalue weighted by molar-refractivity contribution is -0.140. The van der Waals surface area contributed by atoms with Gasteiger partial charge in [0, 0.05) is 18.7 Å². The molecule has 1 fully saturated rings. The van der Waals surface area contributed by atoms with Crippen molar-refractivity contribution in [1.29, 1.82) is 0 Å². The van der Waals surface area contributed by atoms with Crippen molar-refractivity contribution in [2.45, 2.75) is 45.8 Å². The van der Waals surface area contributed by atoms with Gasteiger partial charge >= 0.3 is 0 Å². The number of ketones is 1. The highest BCUT2D eigenvalue weighted by molar-refractivity contribution is 6.46. The van der Waals surface area contributed by atoms with Gasteiger partial charge in [0.05, 0.1) is 17.7 Å². The summed E-state index contributed by atoms with van der Waals surface area (Å²) in [5.41, 5.74) is 2.57. The van der Waals surface area contributed by atoms with Gasteiger partial charge in [-0.2, -0.15) is 0 Å². The number of likely N-dealkylation sites (N-methyl/N-ethyl adjacent to an activating group) is 1. The monoisotopic (exact) mass is 450 g/mol. The number of hydrogen-bond donors (Lipinski definition) is 1. The molecule has 0 spiro atoms. The molecule has 0 aromatic heterocycles. The fourth-order valence-electron chi connectivity index (χ4n) is 3.95. The highest BCUT2D eigenvalue weighted by Crippen LogP contribution is 2.39. The van der Waals surface area contributed by atoms with E-state index < -0.39 is 17.7 Å². The molecule has 6 nitrogen and oxygen atoms in total. The van der Waals surface area contributed by atoms with Crippen LogP contribution < -0.4 is 4.74 Å². The van der Waals surface area contributed by atoms with Gasteiger partial charge in [-0.3, -0.25) is 9.59 Å². The zero-order valence-electron chi connectivity index (χ0n) is 20.3. The molecular weight excluding hydrogens is 416 g/mol. The van der Waals surface area contributed by atoms with Crippen LogP contribution in [0.1, 0.15) is 56.3 Å². The van der Waals surface area contributed by atoms with Crippen molar-refractivity contribution >= 4 is 17.4 Å². The van der Waals surface area contributed by atoms with Gasteiger partial charge in [0.15, 0.2) is 0 Å². The summed E-state index contributed by atoms with van der Waals surface area (Å²) in [6.07, 6.45) is 0.0280. The Labute approximate surface area is 196 Å². The van der Waals surface area contributed by atoms with Crippen molar-refractivity contribution in [3.8, 4) is 5.75 Å². The molecule has 3 rings (SSSR count). The summed E-state index contributed by atoms with van der Waals surface area (Å²) in [5, 5.41) is 11.2. The van der Waals surface area contributed by atoms with E-state index in [0.29, 0.717) is 30.3 Å². The average molecular weight is 451 g/mol. The van der Waals surface area contributed by atoms with E-state index in [1.54, 1.807) is 29.2 Å². The van der Waals surface area contributed by atoms with Crippen molar-refractivity contribution in [3.05, 3.63) is 70.8 Å². The molecule has 0 radical (unpaired) electrons. The standard InChI is InChI=1S/C27H34N2O4/c1-17(2)19-7-9-20(10-8-19)24-23(26(31)27(32)29(24)16-15-28(5)6)25(30)21-11-13-22(14-12-21)33-18(3)4/h7-14,17-18,24,30H,15-16H2,1-6H3/b25-23-. The first-order valence-electron chi connectivity index (χ1n) is 11.4. The Morgan fingerprint density at radius 2 is 1.61 bits per heavy atom. The lowest BCUT2D eigenvalue weighted by Crippen LogP contribution is -2.35. The van der Waals surface area contributed by atoms with E-state index >= 15 is 0 Å². The molecule has 2 aromatic carbocycles. The van der Waals surface area contributed by atoms with Crippen LogP contribution in [0.5, 0.6) is 5.75 Å². The summed E-state index contributed by atoms with van der Waals surface area (Å²) in [6.45, 7) is 9.10. The molecule has 0 aliphatic carbocycles. The number of carbonyl (C=O) groups is 2. The maximum absolute atomic E-state index is 13.1. The summed E-state index contributed by atoms with van der Waals surface area (Å²) in [5.74, 6) is -0.378. The minimum Gasteiger partial charge on any atom is -0.507 e. The number of Topliss-reactive ketones (excluding diaryl/α,β-unsaturated/α-hetero) is 1. The zero-order chi connectivity index (χ0) is 24.3. The lowest BCUT2D eigenvalue weighted by Gasteiger charge is -2.27. The smallest absolute Gasteiger partial charge is 0.295 e. The first-order chi connectivity index (χ1) is 15.6. The molecule has 0 bridgehead atoms. The summed E-state index contributed by atoms with van der Waals surface area (Å²) in [6, 6.07) is 14.2. The number of ether oxygens (including phenoxy) is 1. The lowest BCUT2D eigenvalue weighted by atomic mass is 9.93. The quantitative estimate of drug-likeness (QED) is 0.362. The second-order valence-corrected chi connectivity index (χ2v) is 9.31. The number of likely N-dealkylation sites (tertiary alicyclic amines) is 1. The summed E-state index contributed by atoms with van der Waals surface area (Å²) < 4.78 is 5.67. The number of benzene rings is 2. The molecular formula is C27H34N2O4. The first kappa shape index (κ1) is 24.5. The number of nitrogens with zero attached hydrogens (tertiary/aromatic N) is 2. The molecule has 1 aliphatic rings. The van der Waals surface area contributed by atoms with Gasteiger partial charge in [-0.05, 0) is 69.3 Å². The van der Waals surface area contributed by atoms with Gasteiger partial charge in [0.25, 0.3) is 11.7 Å². The Morgan fingerprint density at radius 3 is 2.12 bits per heavy atom. The van der Waals surface area contributed by atoms with E-state index in [4.69, 9.17) is 4.74 Å². The number of aliphatic hydroxyl groups is 1. The van der Waals surface area contributed by atoms with Gasteiger partial charge < -0.3 is 19.6 Å². The van der Waals surface area contributed by atoms with Gasteiger partial charge in [-0.1, -0.05) is 38.1 Å². The summed E-state index contributed by atoms with van der Waals surface area (Å²) in [7, 11) is 3.84. The van der Waals surface area contributed by atoms with Gasteiger partial charge in [0.2, 0.25) is 0 Å². The number of aliphatic hydroxyl groups excluding tert-OH is 1. The fourth-order valence-corrected chi connectivity index (χ4v) is 3.95. The van der Waals surface area contributed by atoms with Crippen LogP contribution in [0.3, 0.4) is 0 Å². The summed E-state index contributed by atoms with van der Waals surface area (Å²) in [4.78, 5) is 29.6. The van der Waals surface area contributed by atoms with E-state index in [1.165, 1.54) is 5.56 Å². The van der Waals surface area contributed by atoms with Crippen molar-refractivity contribution in [2.75, 3.05) is 27.2 Å². The molecule has 2 aromatic rings. The van der Waals surface area contributed by atoms with Crippen LogP contribution in [-0.2, 0) is 9.59 Å². The topological polar surface area (TPSA) is 70.1 Å². The Morgan fingerprint density at radius 1 is 1.00 bits per heavy atom. The molecule has 0 saturated carbocycles. The first-order valence-corrected chi connectivity index (χ1v) is 11.4. The Balaban J connectivity index is 2.07. The number of hydrogen-bond acceptors (Lipinski definition) is 5. The van der Waals surface area contributed by atoms with Gasteiger partial charge in [-0.15, -0.1) is 0 Å². The van der Waals surface area contributed by atoms with Crippen molar-refractivity contribution in [1.82, 2.24) is 9.80 Å². The van der Waals surface area contributed by atoms with E-state index in [2.05, 4.69) is 13.8 Å². The Kier molecular flexibility index (Phi) is 7.59. The van der Waals surface area contributed by atoms with Crippen molar-refractivity contribution in [2.24, 2.45) is 0 Å². The van der Waals surface area contributed by atoms with E-state index in [0.717, 1.165) is 5.56 Å². The largest absolute Gasteiger partial charge is 0.507 e. The van der Waals surface area contributed by atoms with Crippen LogP contribution in [0.4, 0.5) is 0 Å². The normalized spacial score (nSPS) is 18.1. The predicted octanol–water partition coefficient (Wildman–Crippen LogP) is 4.58. The maximum Gasteiger partial charge on any atom is 0.295 e. The molecule has 6 heteroatoms. The highest BCUT2D eigenvalue weighted by Gasteiger charge is 2.45. The van der Waals surface area contributed by atoms with E-state index in [-0.39, 0.29) is 17.4 Å². The van der Waals surface area contributed by atoms with Crippen molar-refractivity contribution in [3.63, 3.8) is 0 Å². The Bertz CT molecular complexity index is 1020. The van der Waals surface area contributed by atoms with Crippen LogP contribution >= 0.6 is 0 Å². The van der Waals surface area contributed by atoms with Gasteiger partial charge in [0.1, 0.15) is 11.5 Å². The molecule has 1 unspecified atom stereocenters. The molecule has 33 heavy (non-hydrogen) atoms. The molecule has 176 valence electrons. The van der Waals surface area contributed by atoms with Gasteiger partial charge in [-0.25, -0.2) is 0 Å². The second kappa shape index (κ2) is 10.2. The fraction of sp³-hybridized carbons (Fsp3) is 0.407. The number of rotatable bonds is 8. The molecule has 1 amide bonds. The van der Waals surface area contributed by atoms with Crippen LogP contribution in [0.15, 0.2) is 54.1 Å². The third-order valence-corrected chi connectivity index (χ3v) is 5.75. The molecule has 1 heterocycles. The maximum atomic E-state index is 13.1. The molecule has 1 N–H and O–H groups in total. The van der Waals surface area contributed by atoms with Crippen LogP contribution in [0.2, 0.25) is 0 Å². The van der Waals surface area contributed by atoms with Crippen molar-refractivity contribution < 1.29 is 19.4 Å². The third kappa shape index (κ3) is 5.45. The minimum atomic E-state index is -0.660. The number of carbonyl (C=O) groups excluding carboxylic acids is 2. The van der Waals surface area contributed by atoms with Crippen LogP contribution in [0.25, 0.3) is 5.76 Å². The molecule has 1 aliphatic heterocycles. The second-order valence-electron chi connectivity index (χ2n) is 9.31. The zero-order valence-corrected chi connectivity index (χ0v) is 20.3. The Hall–Kier alpha value is -3.12. The van der Waals surface area contributed by atoms with E-state index in [1.807, 2.05) is 57.1 Å². The molecule has 1 saturated heterocycles. The highest BCUT2D eigenvalue weighted by atomic mass is 16.5. The van der Waals surface area contributed by atoms with Crippen LogP contribution in [0, 0.1) is 0 Å². The molecule has 1 atom stereocenters. The minimum absolute atomic E-state index is 0.0280. The predicted molar refractivity (Wildman–Crippen MR) is 130 cm³/mol. The third-order valence-electron chi connectivity index (χ3n) is 5.75.